The first-order chi connectivity index (χ1) is 16.0. The molecule has 1 aromatic heterocycles. The van der Waals surface area contributed by atoms with Gasteiger partial charge in [0.15, 0.2) is 23.1 Å². The SMILES string of the molecule is CCn1c2ccccc2c2cc(/C=C/C(=O)CC(=O)/C=C/c3ccc(O)c(OC)c3)ccc21. The second-order valence-electron chi connectivity index (χ2n) is 7.75. The number of rotatable bonds is 8. The van der Waals surface area contributed by atoms with E-state index in [9.17, 15) is 14.7 Å². The summed E-state index contributed by atoms with van der Waals surface area (Å²) in [6, 6.07) is 19.2. The lowest BCUT2D eigenvalue weighted by atomic mass is 10.1. The molecule has 1 heterocycles. The summed E-state index contributed by atoms with van der Waals surface area (Å²) in [6.07, 6.45) is 5.96. The van der Waals surface area contributed by atoms with Crippen LogP contribution >= 0.6 is 0 Å². The maximum Gasteiger partial charge on any atom is 0.163 e. The van der Waals surface area contributed by atoms with E-state index in [4.69, 9.17) is 4.74 Å². The normalized spacial score (nSPS) is 11.7. The summed E-state index contributed by atoms with van der Waals surface area (Å²) in [5.74, 6) is -0.205. The highest BCUT2D eigenvalue weighted by molar-refractivity contribution is 6.11. The molecule has 3 aromatic carbocycles. The third kappa shape index (κ3) is 4.72. The number of hydrogen-bond donors (Lipinski definition) is 1. The maximum absolute atomic E-state index is 12.3. The number of carbonyl (C=O) groups is 2. The number of allylic oxidation sites excluding steroid dienone is 2. The molecular weight excluding hydrogens is 414 g/mol. The number of nitrogens with zero attached hydrogens (tertiary/aromatic N) is 1. The minimum absolute atomic E-state index is 0.0266. The van der Waals surface area contributed by atoms with Crippen molar-refractivity contribution in [2.24, 2.45) is 0 Å². The third-order valence-corrected chi connectivity index (χ3v) is 5.59. The number of ether oxygens (including phenoxy) is 1. The van der Waals surface area contributed by atoms with Gasteiger partial charge in [0.05, 0.1) is 13.5 Å². The molecule has 0 radical (unpaired) electrons. The van der Waals surface area contributed by atoms with Crippen molar-refractivity contribution in [3.8, 4) is 11.5 Å². The van der Waals surface area contributed by atoms with E-state index in [1.165, 1.54) is 36.2 Å². The van der Waals surface area contributed by atoms with Gasteiger partial charge in [-0.25, -0.2) is 0 Å². The zero-order chi connectivity index (χ0) is 23.4. The summed E-state index contributed by atoms with van der Waals surface area (Å²) < 4.78 is 7.33. The predicted octanol–water partition coefficient (Wildman–Crippen LogP) is 5.78. The highest BCUT2D eigenvalue weighted by atomic mass is 16.5. The van der Waals surface area contributed by atoms with Crippen molar-refractivity contribution in [3.05, 3.63) is 83.9 Å². The lowest BCUT2D eigenvalue weighted by molar-refractivity contribution is -0.121. The molecule has 0 aliphatic rings. The molecule has 0 spiro atoms. The molecule has 0 fully saturated rings. The van der Waals surface area contributed by atoms with Gasteiger partial charge in [0.25, 0.3) is 0 Å². The number of aryl methyl sites for hydroxylation is 1. The van der Waals surface area contributed by atoms with Crippen molar-refractivity contribution in [2.75, 3.05) is 7.11 Å². The van der Waals surface area contributed by atoms with Gasteiger partial charge in [0, 0.05) is 28.4 Å². The van der Waals surface area contributed by atoms with Gasteiger partial charge in [0.2, 0.25) is 0 Å². The van der Waals surface area contributed by atoms with Crippen LogP contribution in [0.5, 0.6) is 11.5 Å². The van der Waals surface area contributed by atoms with Crippen LogP contribution < -0.4 is 4.74 Å². The fourth-order valence-corrected chi connectivity index (χ4v) is 3.98. The number of methoxy groups -OCH3 is 1. The molecule has 166 valence electrons. The molecule has 0 unspecified atom stereocenters. The Morgan fingerprint density at radius 1 is 0.879 bits per heavy atom. The van der Waals surface area contributed by atoms with Gasteiger partial charge >= 0.3 is 0 Å². The van der Waals surface area contributed by atoms with E-state index in [-0.39, 0.29) is 23.7 Å². The Morgan fingerprint density at radius 3 is 2.21 bits per heavy atom. The number of carbonyl (C=O) groups excluding carboxylic acids is 2. The van der Waals surface area contributed by atoms with Crippen molar-refractivity contribution in [1.82, 2.24) is 4.57 Å². The van der Waals surface area contributed by atoms with Gasteiger partial charge in [-0.3, -0.25) is 9.59 Å². The van der Waals surface area contributed by atoms with E-state index in [0.717, 1.165) is 23.0 Å². The number of phenolic OH excluding ortho intramolecular Hbond substituents is 1. The second kappa shape index (κ2) is 9.57. The molecule has 0 atom stereocenters. The van der Waals surface area contributed by atoms with Gasteiger partial charge in [-0.2, -0.15) is 0 Å². The molecule has 0 aliphatic heterocycles. The van der Waals surface area contributed by atoms with E-state index in [1.54, 1.807) is 24.3 Å². The fourth-order valence-electron chi connectivity index (χ4n) is 3.98. The maximum atomic E-state index is 12.3. The van der Waals surface area contributed by atoms with Gasteiger partial charge in [-0.05, 0) is 60.5 Å². The number of aromatic hydroxyl groups is 1. The van der Waals surface area contributed by atoms with Gasteiger partial charge in [0.1, 0.15) is 0 Å². The lowest BCUT2D eigenvalue weighted by Gasteiger charge is -2.03. The van der Waals surface area contributed by atoms with E-state index >= 15 is 0 Å². The van der Waals surface area contributed by atoms with Crippen LogP contribution in [0.15, 0.2) is 72.8 Å². The summed E-state index contributed by atoms with van der Waals surface area (Å²) in [6.45, 7) is 3.01. The van der Waals surface area contributed by atoms with Crippen LogP contribution in [0, 0.1) is 0 Å². The number of benzene rings is 3. The molecule has 4 rings (SSSR count). The Labute approximate surface area is 192 Å². The Hall–Kier alpha value is -4.12. The lowest BCUT2D eigenvalue weighted by Crippen LogP contribution is -2.01. The van der Waals surface area contributed by atoms with Crippen LogP contribution in [-0.2, 0) is 16.1 Å². The second-order valence-corrected chi connectivity index (χ2v) is 7.75. The monoisotopic (exact) mass is 439 g/mol. The Balaban J connectivity index is 1.46. The number of fused-ring (bicyclic) bond motifs is 3. The largest absolute Gasteiger partial charge is 0.504 e. The highest BCUT2D eigenvalue weighted by Crippen LogP contribution is 2.30. The van der Waals surface area contributed by atoms with Crippen molar-refractivity contribution < 1.29 is 19.4 Å². The first-order valence-corrected chi connectivity index (χ1v) is 10.8. The quantitative estimate of drug-likeness (QED) is 0.279. The number of aromatic nitrogens is 1. The van der Waals surface area contributed by atoms with Crippen LogP contribution in [0.3, 0.4) is 0 Å². The van der Waals surface area contributed by atoms with Crippen molar-refractivity contribution in [3.63, 3.8) is 0 Å². The molecule has 0 amide bonds. The third-order valence-electron chi connectivity index (χ3n) is 5.59. The molecule has 0 saturated carbocycles. The number of para-hydroxylation sites is 1. The van der Waals surface area contributed by atoms with Crippen LogP contribution in [0.2, 0.25) is 0 Å². The summed E-state index contributed by atoms with van der Waals surface area (Å²) in [5, 5.41) is 12.0. The first kappa shape index (κ1) is 22.1. The predicted molar refractivity (Wildman–Crippen MR) is 132 cm³/mol. The van der Waals surface area contributed by atoms with Crippen LogP contribution in [0.4, 0.5) is 0 Å². The first-order valence-electron chi connectivity index (χ1n) is 10.8. The van der Waals surface area contributed by atoms with E-state index < -0.39 is 0 Å². The average molecular weight is 440 g/mol. The number of phenols is 1. The molecular formula is C28H25NO4. The van der Waals surface area contributed by atoms with Gasteiger partial charge in [-0.1, -0.05) is 42.5 Å². The summed E-state index contributed by atoms with van der Waals surface area (Å²) in [5.41, 5.74) is 3.96. The molecule has 4 aromatic rings. The molecule has 5 heteroatoms. The molecule has 33 heavy (non-hydrogen) atoms. The van der Waals surface area contributed by atoms with Crippen LogP contribution in [0.1, 0.15) is 24.5 Å². The van der Waals surface area contributed by atoms with Crippen LogP contribution in [-0.4, -0.2) is 28.3 Å². The number of ketones is 2. The van der Waals surface area contributed by atoms with Crippen LogP contribution in [0.25, 0.3) is 34.0 Å². The summed E-state index contributed by atoms with van der Waals surface area (Å²) in [4.78, 5) is 24.5. The van der Waals surface area contributed by atoms with Crippen molar-refractivity contribution in [1.29, 1.82) is 0 Å². The average Bonchev–Trinajstić information content (AvgIpc) is 3.15. The zero-order valence-electron chi connectivity index (χ0n) is 18.6. The summed E-state index contributed by atoms with van der Waals surface area (Å²) in [7, 11) is 1.46. The molecule has 0 saturated heterocycles. The minimum Gasteiger partial charge on any atom is -0.504 e. The molecule has 0 aliphatic carbocycles. The molecule has 5 nitrogen and oxygen atoms in total. The Morgan fingerprint density at radius 2 is 1.52 bits per heavy atom. The minimum atomic E-state index is -0.293. The fraction of sp³-hybridized carbons (Fsp3) is 0.143. The zero-order valence-corrected chi connectivity index (χ0v) is 18.6. The number of hydrogen-bond acceptors (Lipinski definition) is 4. The van der Waals surface area contributed by atoms with Crippen molar-refractivity contribution in [2.45, 2.75) is 19.9 Å². The van der Waals surface area contributed by atoms with E-state index in [1.807, 2.05) is 18.2 Å². The summed E-state index contributed by atoms with van der Waals surface area (Å²) >= 11 is 0. The topological polar surface area (TPSA) is 68.5 Å². The standard InChI is InChI=1S/C28H25NO4/c1-3-29-25-7-5-4-6-23(25)24-16-19(10-14-26(24)29)8-12-21(30)18-22(31)13-9-20-11-15-27(32)28(17-20)33-2/h4-17,32H,3,18H2,1-2H3/b12-8+,13-9+. The smallest absolute Gasteiger partial charge is 0.163 e. The van der Waals surface area contributed by atoms with Crippen molar-refractivity contribution >= 4 is 45.5 Å². The molecule has 1 N–H and O–H groups in total. The highest BCUT2D eigenvalue weighted by Gasteiger charge is 2.09. The van der Waals surface area contributed by atoms with E-state index in [2.05, 4.69) is 35.8 Å². The molecule has 0 bridgehead atoms. The van der Waals surface area contributed by atoms with Gasteiger partial charge in [-0.15, -0.1) is 0 Å². The van der Waals surface area contributed by atoms with Gasteiger partial charge < -0.3 is 14.4 Å². The van der Waals surface area contributed by atoms with E-state index in [0.29, 0.717) is 11.3 Å². The Bertz CT molecular complexity index is 1410. The Kier molecular flexibility index (Phi) is 6.41.